The molecule has 0 fully saturated rings. The van der Waals surface area contributed by atoms with Crippen molar-refractivity contribution in [3.63, 3.8) is 0 Å². The van der Waals surface area contributed by atoms with E-state index >= 15 is 0 Å². The molecule has 0 aromatic carbocycles. The summed E-state index contributed by atoms with van der Waals surface area (Å²) in [5, 5.41) is 0. The van der Waals surface area contributed by atoms with Crippen LogP contribution >= 0.6 is 0 Å². The average Bonchev–Trinajstić information content (AvgIpc) is 1.00. The third-order valence-corrected chi connectivity index (χ3v) is 0. The van der Waals surface area contributed by atoms with Crippen LogP contribution in [0.25, 0.3) is 0 Å². The maximum atomic E-state index is 8.06. The second kappa shape index (κ2) is 30.8. The molecule has 0 heterocycles. The van der Waals surface area contributed by atoms with Gasteiger partial charge in [0.1, 0.15) is 0 Å². The molecule has 0 saturated carbocycles. The molecule has 0 aliphatic rings. The molecule has 1 nitrogen and oxygen atoms in total. The van der Waals surface area contributed by atoms with Crippen LogP contribution in [0.2, 0.25) is 0 Å². The van der Waals surface area contributed by atoms with Crippen LogP contribution in [0, 0.1) is 0 Å². The van der Waals surface area contributed by atoms with Gasteiger partial charge in [0.05, 0.1) is 0 Å². The Morgan fingerprint density at radius 2 is 1.20 bits per heavy atom. The minimum atomic E-state index is 0. The van der Waals surface area contributed by atoms with Crippen LogP contribution in [0.3, 0.4) is 0 Å². The first-order valence-corrected chi connectivity index (χ1v) is 0.612. The van der Waals surface area contributed by atoms with Crippen LogP contribution in [0.4, 0.5) is 0 Å². The van der Waals surface area contributed by atoms with Gasteiger partial charge in [-0.05, 0) is 0 Å². The summed E-state index contributed by atoms with van der Waals surface area (Å²) in [6, 6.07) is 0. The number of rotatable bonds is 0. The summed E-state index contributed by atoms with van der Waals surface area (Å²) in [4.78, 5) is 0. The maximum Gasteiger partial charge on any atom is 0.381 e. The average molecular weight is 135 g/mol. The van der Waals surface area contributed by atoms with Gasteiger partial charge in [-0.15, -0.1) is 0 Å². The Hall–Kier alpha value is 2.58. The summed E-state index contributed by atoms with van der Waals surface area (Å²) in [7, 11) is 1.72. The zero-order valence-corrected chi connectivity index (χ0v) is 8.68. The van der Waals surface area contributed by atoms with Gasteiger partial charge in [0, 0.05) is 78.2 Å². The quantitative estimate of drug-likeness (QED) is 0.364. The Morgan fingerprint density at radius 1 is 1.20 bits per heavy atom. The van der Waals surface area contributed by atoms with E-state index in [1.54, 1.807) is 10.1 Å². The van der Waals surface area contributed by atoms with Crippen LogP contribution < -0.4 is 0 Å². The van der Waals surface area contributed by atoms with Crippen LogP contribution in [-0.4, -0.2) is 88.3 Å². The summed E-state index contributed by atoms with van der Waals surface area (Å²) in [5.74, 6) is 0. The van der Waals surface area contributed by atoms with E-state index in [-0.39, 0.29) is 78.2 Å². The molecular formula is AlCaMgOSi. The molecule has 0 aliphatic heterocycles. The second-order valence-corrected chi connectivity index (χ2v) is 0. The van der Waals surface area contributed by atoms with Crippen LogP contribution in [0.15, 0.2) is 0 Å². The Bertz CT molecular complexity index is 11.6. The van der Waals surface area contributed by atoms with Gasteiger partial charge >= 0.3 is 10.1 Å². The summed E-state index contributed by atoms with van der Waals surface area (Å²) >= 11 is 0. The first-order valence-electron chi connectivity index (χ1n) is 0.204. The summed E-state index contributed by atoms with van der Waals surface area (Å²) in [6.07, 6.45) is 0. The normalized spacial score (nSPS) is 0.800. The number of hydrogen-bond donors (Lipinski definition) is 0. The van der Waals surface area contributed by atoms with Crippen molar-refractivity contribution in [3.8, 4) is 0 Å². The van der Waals surface area contributed by atoms with E-state index in [1.165, 1.54) is 0 Å². The Labute approximate surface area is 91.0 Å². The molecule has 0 unspecified atom stereocenters. The molecule has 0 bridgehead atoms. The van der Waals surface area contributed by atoms with Crippen LogP contribution in [0.5, 0.6) is 0 Å². The summed E-state index contributed by atoms with van der Waals surface area (Å²) in [6.45, 7) is 0. The predicted octanol–water partition coefficient (Wildman–Crippen LogP) is -1.64. The zero-order valence-electron chi connectivity index (χ0n) is 2.90. The third kappa shape index (κ3) is 20.8. The summed E-state index contributed by atoms with van der Waals surface area (Å²) < 4.78 is 8.06. The molecule has 0 aromatic rings. The van der Waals surface area contributed by atoms with E-state index < -0.39 is 0 Å². The van der Waals surface area contributed by atoms with Gasteiger partial charge in [0.15, 0.2) is 0 Å². The van der Waals surface area contributed by atoms with E-state index in [4.69, 9.17) is 4.46 Å². The minimum Gasteiger partial charge on any atom is -0.381 e. The molecule has 0 atom stereocenters. The fourth-order valence-corrected chi connectivity index (χ4v) is 0. The van der Waals surface area contributed by atoms with Gasteiger partial charge < -0.3 is 4.46 Å². The molecule has 0 aromatic heterocycles. The van der Waals surface area contributed by atoms with E-state index in [0.717, 1.165) is 0 Å². The fraction of sp³-hybridized carbons (Fsp3) is 0. The van der Waals surface area contributed by atoms with Crippen LogP contribution in [-0.2, 0) is 4.46 Å². The standard InChI is InChI=1S/Al.Ca.Mg.OSi/c;;;1-2. The van der Waals surface area contributed by atoms with Crippen molar-refractivity contribution in [1.29, 1.82) is 0 Å². The minimum absolute atomic E-state index is 0. The van der Waals surface area contributed by atoms with Crippen LogP contribution in [0.1, 0.15) is 0 Å². The van der Waals surface area contributed by atoms with Crippen molar-refractivity contribution in [3.05, 3.63) is 0 Å². The van der Waals surface area contributed by atoms with Crippen molar-refractivity contribution < 1.29 is 4.46 Å². The van der Waals surface area contributed by atoms with Crippen molar-refractivity contribution in [2.24, 2.45) is 0 Å². The van der Waals surface area contributed by atoms with Gasteiger partial charge in [-0.3, -0.25) is 0 Å². The van der Waals surface area contributed by atoms with Crippen molar-refractivity contribution in [1.82, 2.24) is 0 Å². The molecule has 0 rings (SSSR count). The smallest absolute Gasteiger partial charge is 0.381 e. The van der Waals surface area contributed by atoms with E-state index in [9.17, 15) is 0 Å². The molecular weight excluding hydrogens is 135 g/mol. The molecule has 0 spiro atoms. The first kappa shape index (κ1) is 25.6. The predicted molar refractivity (Wildman–Crippen MR) is 23.7 cm³/mol. The largest absolute Gasteiger partial charge is 0.381 e. The van der Waals surface area contributed by atoms with E-state index in [2.05, 4.69) is 0 Å². The van der Waals surface area contributed by atoms with Gasteiger partial charge in [0.2, 0.25) is 0 Å². The third-order valence-electron chi connectivity index (χ3n) is 0. The van der Waals surface area contributed by atoms with Gasteiger partial charge in [-0.2, -0.15) is 0 Å². The van der Waals surface area contributed by atoms with Crippen molar-refractivity contribution >= 4 is 88.3 Å². The molecule has 9 radical (unpaired) electrons. The molecule has 5 heavy (non-hydrogen) atoms. The molecule has 0 N–H and O–H groups in total. The summed E-state index contributed by atoms with van der Waals surface area (Å²) in [5.41, 5.74) is 0. The topological polar surface area (TPSA) is 17.1 Å². The molecule has 0 amide bonds. The number of hydrogen-bond acceptors (Lipinski definition) is 1. The van der Waals surface area contributed by atoms with E-state index in [0.29, 0.717) is 0 Å². The Balaban J connectivity index is -0.00000000167. The second-order valence-electron chi connectivity index (χ2n) is 0. The first-order chi connectivity index (χ1) is 1.00. The van der Waals surface area contributed by atoms with Gasteiger partial charge in [0.25, 0.3) is 0 Å². The molecule has 17 valence electrons. The molecule has 5 heteroatoms. The fourth-order valence-electron chi connectivity index (χ4n) is 0. The van der Waals surface area contributed by atoms with E-state index in [1.807, 2.05) is 0 Å². The molecule has 0 aliphatic carbocycles. The molecule has 0 saturated heterocycles. The van der Waals surface area contributed by atoms with Gasteiger partial charge in [-0.1, -0.05) is 0 Å². The Kier molecular flexibility index (Phi) is 158. The monoisotopic (exact) mass is 135 g/mol. The zero-order chi connectivity index (χ0) is 2.00. The van der Waals surface area contributed by atoms with Crippen molar-refractivity contribution in [2.75, 3.05) is 0 Å². The maximum absolute atomic E-state index is 8.06. The Morgan fingerprint density at radius 3 is 1.20 bits per heavy atom. The van der Waals surface area contributed by atoms with Crippen molar-refractivity contribution in [2.45, 2.75) is 0 Å². The van der Waals surface area contributed by atoms with Gasteiger partial charge in [-0.25, -0.2) is 0 Å². The SMILES string of the molecule is O=[Si].[Al].[Ca].[Mg].